The normalized spacial score (nSPS) is 10.7. The van der Waals surface area contributed by atoms with Gasteiger partial charge in [0.25, 0.3) is 0 Å². The Morgan fingerprint density at radius 1 is 1.15 bits per heavy atom. The van der Waals surface area contributed by atoms with Gasteiger partial charge in [0.1, 0.15) is 17.0 Å². The Kier molecular flexibility index (Phi) is 4.96. The molecule has 0 bridgehead atoms. The molecular formula is C14H19NO5. The molecular weight excluding hydrogens is 262 g/mol. The molecule has 20 heavy (non-hydrogen) atoms. The Labute approximate surface area is 118 Å². The Morgan fingerprint density at radius 3 is 2.30 bits per heavy atom. The van der Waals surface area contributed by atoms with Crippen LogP contribution in [0.5, 0.6) is 5.75 Å². The number of anilines is 1. The van der Waals surface area contributed by atoms with E-state index in [1.807, 2.05) is 0 Å². The zero-order valence-electron chi connectivity index (χ0n) is 12.3. The average Bonchev–Trinajstić information content (AvgIpc) is 2.35. The van der Waals surface area contributed by atoms with Crippen LogP contribution >= 0.6 is 0 Å². The monoisotopic (exact) mass is 281 g/mol. The Balaban J connectivity index is 3.08. The van der Waals surface area contributed by atoms with E-state index >= 15 is 0 Å². The fourth-order valence-corrected chi connectivity index (χ4v) is 1.52. The second kappa shape index (κ2) is 6.27. The maximum Gasteiger partial charge on any atom is 0.412 e. The molecule has 0 fully saturated rings. The predicted molar refractivity (Wildman–Crippen MR) is 74.2 cm³/mol. The van der Waals surface area contributed by atoms with Crippen molar-refractivity contribution in [2.24, 2.45) is 0 Å². The largest absolute Gasteiger partial charge is 0.495 e. The molecule has 0 unspecified atom stereocenters. The number of ether oxygens (including phenoxy) is 3. The molecule has 1 N–H and O–H groups in total. The van der Waals surface area contributed by atoms with E-state index in [-0.39, 0.29) is 11.3 Å². The number of methoxy groups -OCH3 is 2. The lowest BCUT2D eigenvalue weighted by atomic mass is 10.1. The van der Waals surface area contributed by atoms with Crippen molar-refractivity contribution in [1.29, 1.82) is 0 Å². The van der Waals surface area contributed by atoms with Crippen molar-refractivity contribution < 1.29 is 23.8 Å². The van der Waals surface area contributed by atoms with Gasteiger partial charge in [0, 0.05) is 0 Å². The van der Waals surface area contributed by atoms with Crippen molar-refractivity contribution in [2.45, 2.75) is 26.4 Å². The Hall–Kier alpha value is -2.24. The number of carbonyl (C=O) groups excluding carboxylic acids is 2. The van der Waals surface area contributed by atoms with E-state index in [9.17, 15) is 9.59 Å². The number of para-hydroxylation sites is 1. The van der Waals surface area contributed by atoms with Gasteiger partial charge in [-0.2, -0.15) is 0 Å². The van der Waals surface area contributed by atoms with Gasteiger partial charge in [-0.1, -0.05) is 6.07 Å². The summed E-state index contributed by atoms with van der Waals surface area (Å²) in [5.41, 5.74) is -0.230. The lowest BCUT2D eigenvalue weighted by Gasteiger charge is -2.21. The van der Waals surface area contributed by atoms with Crippen LogP contribution in [0.15, 0.2) is 18.2 Å². The molecule has 1 aromatic rings. The fourth-order valence-electron chi connectivity index (χ4n) is 1.52. The molecule has 6 nitrogen and oxygen atoms in total. The third-order valence-corrected chi connectivity index (χ3v) is 2.28. The summed E-state index contributed by atoms with van der Waals surface area (Å²) in [5.74, 6) is -0.228. The number of rotatable bonds is 3. The zero-order valence-corrected chi connectivity index (χ0v) is 12.3. The highest BCUT2D eigenvalue weighted by Gasteiger charge is 2.21. The third kappa shape index (κ3) is 4.15. The minimum atomic E-state index is -0.674. The number of carbonyl (C=O) groups is 2. The SMILES string of the molecule is COC(=O)c1cccc(OC)c1NC(=O)OC(C)(C)C. The number of hydrogen-bond donors (Lipinski definition) is 1. The van der Waals surface area contributed by atoms with Crippen LogP contribution in [0.3, 0.4) is 0 Å². The number of esters is 1. The molecule has 110 valence electrons. The van der Waals surface area contributed by atoms with Crippen molar-refractivity contribution >= 4 is 17.7 Å². The van der Waals surface area contributed by atoms with Crippen molar-refractivity contribution in [3.8, 4) is 5.75 Å². The molecule has 0 radical (unpaired) electrons. The lowest BCUT2D eigenvalue weighted by molar-refractivity contribution is 0.0601. The summed E-state index contributed by atoms with van der Waals surface area (Å²) >= 11 is 0. The van der Waals surface area contributed by atoms with Crippen LogP contribution in [-0.4, -0.2) is 31.9 Å². The molecule has 0 saturated carbocycles. The zero-order chi connectivity index (χ0) is 15.3. The first-order valence-electron chi connectivity index (χ1n) is 6.04. The van der Waals surface area contributed by atoms with E-state index < -0.39 is 17.7 Å². The molecule has 1 rings (SSSR count). The van der Waals surface area contributed by atoms with Crippen LogP contribution < -0.4 is 10.1 Å². The Morgan fingerprint density at radius 2 is 1.80 bits per heavy atom. The lowest BCUT2D eigenvalue weighted by Crippen LogP contribution is -2.28. The summed E-state index contributed by atoms with van der Waals surface area (Å²) < 4.78 is 15.0. The van der Waals surface area contributed by atoms with Gasteiger partial charge in [-0.25, -0.2) is 9.59 Å². The van der Waals surface area contributed by atoms with Gasteiger partial charge in [0.05, 0.1) is 19.8 Å². The number of amides is 1. The van der Waals surface area contributed by atoms with E-state index in [1.54, 1.807) is 32.9 Å². The molecule has 1 amide bonds. The highest BCUT2D eigenvalue weighted by Crippen LogP contribution is 2.29. The molecule has 0 aliphatic rings. The quantitative estimate of drug-likeness (QED) is 0.862. The smallest absolute Gasteiger partial charge is 0.412 e. The summed E-state index contributed by atoms with van der Waals surface area (Å²) in [5, 5.41) is 2.51. The minimum absolute atomic E-state index is 0.192. The highest BCUT2D eigenvalue weighted by molar-refractivity contribution is 6.01. The first-order valence-corrected chi connectivity index (χ1v) is 6.04. The maximum atomic E-state index is 11.8. The number of nitrogens with one attached hydrogen (secondary N) is 1. The van der Waals surface area contributed by atoms with Crippen LogP contribution in [0.25, 0.3) is 0 Å². The Bertz CT molecular complexity index is 505. The molecule has 6 heteroatoms. The van der Waals surface area contributed by atoms with Gasteiger partial charge in [0.15, 0.2) is 0 Å². The first-order chi connectivity index (χ1) is 9.28. The van der Waals surface area contributed by atoms with Gasteiger partial charge in [0.2, 0.25) is 0 Å². The first kappa shape index (κ1) is 15.8. The van der Waals surface area contributed by atoms with Crippen LogP contribution in [0.4, 0.5) is 10.5 Å². The van der Waals surface area contributed by atoms with E-state index in [4.69, 9.17) is 9.47 Å². The van der Waals surface area contributed by atoms with Crippen LogP contribution in [-0.2, 0) is 9.47 Å². The van der Waals surface area contributed by atoms with Crippen LogP contribution in [0, 0.1) is 0 Å². The van der Waals surface area contributed by atoms with Crippen molar-refractivity contribution in [2.75, 3.05) is 19.5 Å². The summed E-state index contributed by atoms with van der Waals surface area (Å²) in [6, 6.07) is 4.78. The molecule has 0 aliphatic heterocycles. The van der Waals surface area contributed by atoms with E-state index in [0.29, 0.717) is 5.75 Å². The molecule has 0 heterocycles. The molecule has 0 spiro atoms. The summed E-state index contributed by atoms with van der Waals surface area (Å²) in [6.07, 6.45) is -0.674. The predicted octanol–water partition coefficient (Wildman–Crippen LogP) is 2.83. The maximum absolute atomic E-state index is 11.8. The summed E-state index contributed by atoms with van der Waals surface area (Å²) in [4.78, 5) is 23.5. The second-order valence-electron chi connectivity index (χ2n) is 5.00. The standard InChI is InChI=1S/C14H19NO5/c1-14(2,3)20-13(17)15-11-9(12(16)19-5)7-6-8-10(11)18-4/h6-8H,1-5H3,(H,15,17). The van der Waals surface area contributed by atoms with Crippen LogP contribution in [0.2, 0.25) is 0 Å². The van der Waals surface area contributed by atoms with E-state index in [2.05, 4.69) is 10.1 Å². The van der Waals surface area contributed by atoms with Gasteiger partial charge in [-0.3, -0.25) is 5.32 Å². The van der Waals surface area contributed by atoms with Crippen molar-refractivity contribution in [1.82, 2.24) is 0 Å². The average molecular weight is 281 g/mol. The van der Waals surface area contributed by atoms with Gasteiger partial charge in [-0.05, 0) is 32.9 Å². The van der Waals surface area contributed by atoms with E-state index in [1.165, 1.54) is 20.3 Å². The topological polar surface area (TPSA) is 73.9 Å². The second-order valence-corrected chi connectivity index (χ2v) is 5.00. The van der Waals surface area contributed by atoms with Crippen molar-refractivity contribution in [3.05, 3.63) is 23.8 Å². The molecule has 1 aromatic carbocycles. The fraction of sp³-hybridized carbons (Fsp3) is 0.429. The molecule has 0 aromatic heterocycles. The minimum Gasteiger partial charge on any atom is -0.495 e. The third-order valence-electron chi connectivity index (χ3n) is 2.28. The van der Waals surface area contributed by atoms with Crippen molar-refractivity contribution in [3.63, 3.8) is 0 Å². The molecule has 0 aliphatic carbocycles. The van der Waals surface area contributed by atoms with Gasteiger partial charge < -0.3 is 14.2 Å². The highest BCUT2D eigenvalue weighted by atomic mass is 16.6. The molecule has 0 atom stereocenters. The summed E-state index contributed by atoms with van der Waals surface area (Å²) in [7, 11) is 2.70. The number of hydrogen-bond acceptors (Lipinski definition) is 5. The van der Waals surface area contributed by atoms with Gasteiger partial charge in [-0.15, -0.1) is 0 Å². The van der Waals surface area contributed by atoms with Gasteiger partial charge >= 0.3 is 12.1 Å². The molecule has 0 saturated heterocycles. The number of benzene rings is 1. The van der Waals surface area contributed by atoms with E-state index in [0.717, 1.165) is 0 Å². The summed E-state index contributed by atoms with van der Waals surface area (Å²) in [6.45, 7) is 5.24. The van der Waals surface area contributed by atoms with Crippen LogP contribution in [0.1, 0.15) is 31.1 Å².